The van der Waals surface area contributed by atoms with E-state index in [1.54, 1.807) is 25.3 Å². The fraction of sp³-hybridized carbons (Fsp3) is 0.467. The molecule has 0 atom stereocenters. The summed E-state index contributed by atoms with van der Waals surface area (Å²) in [6.07, 6.45) is 1.54. The molecule has 1 aromatic carbocycles. The van der Waals surface area contributed by atoms with Crippen molar-refractivity contribution in [1.29, 1.82) is 0 Å². The number of phenols is 1. The lowest BCUT2D eigenvalue weighted by atomic mass is 9.96. The van der Waals surface area contributed by atoms with Crippen LogP contribution >= 0.6 is 0 Å². The predicted octanol–water partition coefficient (Wildman–Crippen LogP) is 3.41. The summed E-state index contributed by atoms with van der Waals surface area (Å²) in [7, 11) is 1.66. The third kappa shape index (κ3) is 2.41. The number of benzene rings is 1. The van der Waals surface area contributed by atoms with Crippen LogP contribution in [0, 0.1) is 6.92 Å². The summed E-state index contributed by atoms with van der Waals surface area (Å²) >= 11 is 0. The average molecular weight is 276 g/mol. The first kappa shape index (κ1) is 14.5. The molecule has 20 heavy (non-hydrogen) atoms. The maximum absolute atomic E-state index is 9.45. The Morgan fingerprint density at radius 2 is 2.00 bits per heavy atom. The molecule has 0 amide bonds. The minimum Gasteiger partial charge on any atom is -0.508 e. The zero-order chi connectivity index (χ0) is 14.8. The number of hydrogen-bond acceptors (Lipinski definition) is 5. The van der Waals surface area contributed by atoms with Crippen LogP contribution in [-0.2, 0) is 10.3 Å². The third-order valence-electron chi connectivity index (χ3n) is 3.81. The number of aromatic hydroxyl groups is 1. The number of hydrogen-bond donors (Lipinski definition) is 1. The zero-order valence-electron chi connectivity index (χ0n) is 12.3. The average Bonchev–Trinajstić information content (AvgIpc) is 2.91. The molecule has 0 spiro atoms. The number of aryl methyl sites for hydroxylation is 1. The summed E-state index contributed by atoms with van der Waals surface area (Å²) in [4.78, 5) is 4.47. The summed E-state index contributed by atoms with van der Waals surface area (Å²) < 4.78 is 11.0. The predicted molar refractivity (Wildman–Crippen MR) is 75.4 cm³/mol. The molecule has 0 saturated carbocycles. The highest BCUT2D eigenvalue weighted by molar-refractivity contribution is 5.59. The Morgan fingerprint density at radius 1 is 1.30 bits per heavy atom. The summed E-state index contributed by atoms with van der Waals surface area (Å²) in [6, 6.07) is 5.05. The van der Waals surface area contributed by atoms with Crippen molar-refractivity contribution in [3.05, 3.63) is 29.6 Å². The largest absolute Gasteiger partial charge is 0.508 e. The van der Waals surface area contributed by atoms with Crippen LogP contribution < -0.4 is 0 Å². The van der Waals surface area contributed by atoms with Gasteiger partial charge in [-0.3, -0.25) is 0 Å². The van der Waals surface area contributed by atoms with Crippen LogP contribution in [-0.4, -0.2) is 22.4 Å². The Bertz CT molecular complexity index is 580. The van der Waals surface area contributed by atoms with E-state index >= 15 is 0 Å². The molecule has 0 radical (unpaired) electrons. The normalized spacial score (nSPS) is 11.8. The third-order valence-corrected chi connectivity index (χ3v) is 3.81. The maximum atomic E-state index is 9.45. The molecule has 1 N–H and O–H groups in total. The fourth-order valence-electron chi connectivity index (χ4n) is 2.35. The van der Waals surface area contributed by atoms with E-state index in [2.05, 4.69) is 10.1 Å². The van der Waals surface area contributed by atoms with Crippen molar-refractivity contribution in [3.8, 4) is 17.2 Å². The van der Waals surface area contributed by atoms with Gasteiger partial charge in [0.05, 0.1) is 0 Å². The number of rotatable bonds is 5. The van der Waals surface area contributed by atoms with Crippen LogP contribution in [0.2, 0.25) is 0 Å². The summed E-state index contributed by atoms with van der Waals surface area (Å²) in [6.45, 7) is 5.96. The standard InChI is InChI=1S/C15H20N2O3/c1-5-15(6-2,19-4)14-16-13(20-17-14)12-8-7-11(18)9-10(12)3/h7-9,18H,5-6H2,1-4H3. The van der Waals surface area contributed by atoms with Crippen molar-refractivity contribution in [1.82, 2.24) is 10.1 Å². The summed E-state index contributed by atoms with van der Waals surface area (Å²) in [5.74, 6) is 1.23. The molecule has 0 aliphatic rings. The van der Waals surface area contributed by atoms with E-state index in [0.717, 1.165) is 24.0 Å². The molecule has 0 unspecified atom stereocenters. The highest BCUT2D eigenvalue weighted by Crippen LogP contribution is 2.32. The van der Waals surface area contributed by atoms with Crippen molar-refractivity contribution in [2.24, 2.45) is 0 Å². The van der Waals surface area contributed by atoms with Crippen LogP contribution in [0.15, 0.2) is 22.7 Å². The number of aromatic nitrogens is 2. The molecule has 2 rings (SSSR count). The Kier molecular flexibility index (Phi) is 4.09. The molecule has 0 bridgehead atoms. The van der Waals surface area contributed by atoms with Crippen molar-refractivity contribution in [3.63, 3.8) is 0 Å². The summed E-state index contributed by atoms with van der Waals surface area (Å²) in [5, 5.41) is 13.5. The minimum absolute atomic E-state index is 0.222. The number of nitrogens with zero attached hydrogens (tertiary/aromatic N) is 2. The van der Waals surface area contributed by atoms with Gasteiger partial charge < -0.3 is 14.4 Å². The van der Waals surface area contributed by atoms with Crippen molar-refractivity contribution in [2.45, 2.75) is 39.2 Å². The minimum atomic E-state index is -0.507. The Balaban J connectivity index is 2.42. The molecule has 0 fully saturated rings. The smallest absolute Gasteiger partial charge is 0.258 e. The highest BCUT2D eigenvalue weighted by atomic mass is 16.5. The molecule has 0 aliphatic heterocycles. The molecule has 2 aromatic rings. The van der Waals surface area contributed by atoms with Gasteiger partial charge in [0.25, 0.3) is 5.89 Å². The van der Waals surface area contributed by atoms with E-state index in [0.29, 0.717) is 11.7 Å². The van der Waals surface area contributed by atoms with E-state index in [9.17, 15) is 5.11 Å². The fourth-order valence-corrected chi connectivity index (χ4v) is 2.35. The van der Waals surface area contributed by atoms with Crippen LogP contribution in [0.3, 0.4) is 0 Å². The number of ether oxygens (including phenoxy) is 1. The van der Waals surface area contributed by atoms with Crippen LogP contribution in [0.1, 0.15) is 38.1 Å². The van der Waals surface area contributed by atoms with Gasteiger partial charge in [-0.15, -0.1) is 0 Å². The van der Waals surface area contributed by atoms with Gasteiger partial charge in [0, 0.05) is 12.7 Å². The van der Waals surface area contributed by atoms with E-state index in [-0.39, 0.29) is 5.75 Å². The second-order valence-corrected chi connectivity index (χ2v) is 4.83. The van der Waals surface area contributed by atoms with Gasteiger partial charge in [0.15, 0.2) is 0 Å². The SMILES string of the molecule is CCC(CC)(OC)c1noc(-c2ccc(O)cc2C)n1. The van der Waals surface area contributed by atoms with Crippen LogP contribution in [0.5, 0.6) is 5.75 Å². The van der Waals surface area contributed by atoms with Crippen molar-refractivity contribution < 1.29 is 14.4 Å². The quantitative estimate of drug-likeness (QED) is 0.906. The molecule has 0 aliphatic carbocycles. The second-order valence-electron chi connectivity index (χ2n) is 4.83. The molecule has 108 valence electrons. The lowest BCUT2D eigenvalue weighted by molar-refractivity contribution is -0.0306. The number of phenolic OH excluding ortho intramolecular Hbond substituents is 1. The van der Waals surface area contributed by atoms with E-state index in [1.165, 1.54) is 0 Å². The Morgan fingerprint density at radius 3 is 2.55 bits per heavy atom. The topological polar surface area (TPSA) is 68.4 Å². The molecule has 5 nitrogen and oxygen atoms in total. The molecule has 1 aromatic heterocycles. The summed E-state index contributed by atoms with van der Waals surface area (Å²) in [5.41, 5.74) is 1.20. The van der Waals surface area contributed by atoms with E-state index < -0.39 is 5.60 Å². The van der Waals surface area contributed by atoms with Gasteiger partial charge >= 0.3 is 0 Å². The van der Waals surface area contributed by atoms with Gasteiger partial charge in [-0.2, -0.15) is 4.98 Å². The molecule has 0 saturated heterocycles. The lowest BCUT2D eigenvalue weighted by Gasteiger charge is -2.25. The second kappa shape index (κ2) is 5.63. The first-order valence-corrected chi connectivity index (χ1v) is 6.75. The first-order valence-electron chi connectivity index (χ1n) is 6.75. The monoisotopic (exact) mass is 276 g/mol. The molecule has 5 heteroatoms. The number of methoxy groups -OCH3 is 1. The molecular formula is C15H20N2O3. The Hall–Kier alpha value is -1.88. The first-order chi connectivity index (χ1) is 9.56. The lowest BCUT2D eigenvalue weighted by Crippen LogP contribution is -2.28. The van der Waals surface area contributed by atoms with Gasteiger partial charge in [0.2, 0.25) is 5.82 Å². The maximum Gasteiger partial charge on any atom is 0.258 e. The van der Waals surface area contributed by atoms with Gasteiger partial charge in [-0.05, 0) is 43.5 Å². The van der Waals surface area contributed by atoms with E-state index in [4.69, 9.17) is 9.26 Å². The van der Waals surface area contributed by atoms with E-state index in [1.807, 2.05) is 20.8 Å². The van der Waals surface area contributed by atoms with Gasteiger partial charge in [-0.1, -0.05) is 19.0 Å². The van der Waals surface area contributed by atoms with Crippen LogP contribution in [0.25, 0.3) is 11.5 Å². The van der Waals surface area contributed by atoms with Crippen molar-refractivity contribution >= 4 is 0 Å². The zero-order valence-corrected chi connectivity index (χ0v) is 12.3. The highest BCUT2D eigenvalue weighted by Gasteiger charge is 2.33. The van der Waals surface area contributed by atoms with Crippen molar-refractivity contribution in [2.75, 3.05) is 7.11 Å². The van der Waals surface area contributed by atoms with Gasteiger partial charge in [0.1, 0.15) is 11.4 Å². The molecule has 1 heterocycles. The van der Waals surface area contributed by atoms with Crippen LogP contribution in [0.4, 0.5) is 0 Å². The van der Waals surface area contributed by atoms with Gasteiger partial charge in [-0.25, -0.2) is 0 Å². The molecular weight excluding hydrogens is 256 g/mol. The Labute approximate surface area is 118 Å².